The molecule has 0 aromatic carbocycles. The van der Waals surface area contributed by atoms with E-state index in [0.29, 0.717) is 0 Å². The topological polar surface area (TPSA) is 7.76 Å². The highest BCUT2D eigenvalue weighted by Crippen LogP contribution is 2.07. The van der Waals surface area contributed by atoms with Crippen LogP contribution < -0.4 is 7.94 Å². The zero-order valence-corrected chi connectivity index (χ0v) is 8.96. The first-order chi connectivity index (χ1) is 6.79. The Morgan fingerprint density at radius 1 is 0.714 bits per heavy atom. The molecular formula is C10H8N2S2. The van der Waals surface area contributed by atoms with Crippen molar-refractivity contribution in [2.45, 2.75) is 0 Å². The van der Waals surface area contributed by atoms with Gasteiger partial charge in [-0.15, -0.1) is 0 Å². The van der Waals surface area contributed by atoms with Crippen molar-refractivity contribution < 1.29 is 7.94 Å². The molecular weight excluding hydrogens is 212 g/mol. The maximum atomic E-state index is 5.15. The van der Waals surface area contributed by atoms with E-state index in [9.17, 15) is 0 Å². The van der Waals surface area contributed by atoms with Gasteiger partial charge in [-0.1, -0.05) is 0 Å². The van der Waals surface area contributed by atoms with Gasteiger partial charge >= 0.3 is 0 Å². The summed E-state index contributed by atoms with van der Waals surface area (Å²) in [6.45, 7) is 0. The van der Waals surface area contributed by atoms with E-state index in [4.69, 9.17) is 25.6 Å². The molecule has 0 fully saturated rings. The van der Waals surface area contributed by atoms with Crippen molar-refractivity contribution in [3.63, 3.8) is 0 Å². The molecule has 4 heteroatoms. The molecule has 0 saturated heterocycles. The van der Waals surface area contributed by atoms with Gasteiger partial charge < -0.3 is 25.6 Å². The van der Waals surface area contributed by atoms with Crippen molar-refractivity contribution in [1.82, 2.24) is 0 Å². The molecule has 0 aliphatic carbocycles. The second-order valence-electron chi connectivity index (χ2n) is 2.82. The Labute approximate surface area is 93.9 Å². The fourth-order valence-corrected chi connectivity index (χ4v) is 1.70. The third kappa shape index (κ3) is 1.66. The van der Waals surface area contributed by atoms with E-state index < -0.39 is 0 Å². The average Bonchev–Trinajstić information content (AvgIpc) is 2.20. The molecule has 0 amide bonds. The van der Waals surface area contributed by atoms with Crippen LogP contribution in [-0.4, -0.2) is 0 Å². The largest absolute Gasteiger partial charge is 0.426 e. The minimum Gasteiger partial charge on any atom is -0.426 e. The van der Waals surface area contributed by atoms with Crippen LogP contribution in [-0.2, 0) is 25.6 Å². The normalized spacial score (nSPS) is 10.0. The lowest BCUT2D eigenvalue weighted by Crippen LogP contribution is -2.36. The minimum absolute atomic E-state index is 0.929. The summed E-state index contributed by atoms with van der Waals surface area (Å²) in [5.41, 5.74) is 1.86. The van der Waals surface area contributed by atoms with Gasteiger partial charge in [0.15, 0.2) is 12.4 Å². The zero-order chi connectivity index (χ0) is 9.97. The lowest BCUT2D eigenvalue weighted by molar-refractivity contribution is -0.515. The maximum Gasteiger partial charge on any atom is 0.261 e. The first-order valence-electron chi connectivity index (χ1n) is 4.16. The molecule has 0 spiro atoms. The third-order valence-corrected chi connectivity index (χ3v) is 2.55. The van der Waals surface area contributed by atoms with Crippen LogP contribution in [0.4, 0.5) is 0 Å². The molecule has 0 bridgehead atoms. The standard InChI is InChI=1S/C10H8N2S2/c13-11-7-3-1-5-9(11)10-6-2-4-8-12(10)14/h1-8H. The molecule has 0 unspecified atom stereocenters. The van der Waals surface area contributed by atoms with Crippen LogP contribution in [0.2, 0.25) is 0 Å². The second kappa shape index (κ2) is 3.86. The van der Waals surface area contributed by atoms with Crippen LogP contribution in [0.5, 0.6) is 0 Å². The molecule has 0 radical (unpaired) electrons. The van der Waals surface area contributed by atoms with Crippen LogP contribution in [0.25, 0.3) is 11.4 Å². The number of nitrogens with zero attached hydrogens (tertiary/aromatic N) is 2. The Hall–Kier alpha value is -1.26. The van der Waals surface area contributed by atoms with Gasteiger partial charge in [0, 0.05) is 24.3 Å². The van der Waals surface area contributed by atoms with Gasteiger partial charge in [-0.3, -0.25) is 7.94 Å². The first-order valence-corrected chi connectivity index (χ1v) is 4.89. The monoisotopic (exact) mass is 220 g/mol. The lowest BCUT2D eigenvalue weighted by atomic mass is 10.2. The van der Waals surface area contributed by atoms with Gasteiger partial charge in [0.2, 0.25) is 0 Å². The second-order valence-corrected chi connectivity index (χ2v) is 3.61. The Morgan fingerprint density at radius 3 is 1.50 bits per heavy atom. The van der Waals surface area contributed by atoms with Crippen molar-refractivity contribution in [3.8, 4) is 11.4 Å². The van der Waals surface area contributed by atoms with Crippen molar-refractivity contribution in [2.24, 2.45) is 0 Å². The van der Waals surface area contributed by atoms with Crippen molar-refractivity contribution >= 4 is 25.6 Å². The number of pyridine rings is 2. The SMILES string of the molecule is [S-][n+]1ccccc1-c1cccc[n+]1[S-]. The maximum absolute atomic E-state index is 5.15. The van der Waals surface area contributed by atoms with Gasteiger partial charge in [0.05, 0.1) is 0 Å². The third-order valence-electron chi connectivity index (χ3n) is 1.91. The fraction of sp³-hybridized carbons (Fsp3) is 0. The number of aromatic nitrogens is 2. The van der Waals surface area contributed by atoms with Crippen molar-refractivity contribution in [1.29, 1.82) is 0 Å². The van der Waals surface area contributed by atoms with E-state index in [2.05, 4.69) is 0 Å². The van der Waals surface area contributed by atoms with Gasteiger partial charge in [0.25, 0.3) is 11.4 Å². The molecule has 14 heavy (non-hydrogen) atoms. The predicted molar refractivity (Wildman–Crippen MR) is 57.8 cm³/mol. The highest BCUT2D eigenvalue weighted by molar-refractivity contribution is 7.51. The van der Waals surface area contributed by atoms with Crippen molar-refractivity contribution in [3.05, 3.63) is 48.8 Å². The molecule has 70 valence electrons. The van der Waals surface area contributed by atoms with Gasteiger partial charge in [-0.2, -0.15) is 0 Å². The molecule has 0 saturated carbocycles. The molecule has 2 aromatic heterocycles. The van der Waals surface area contributed by atoms with E-state index in [1.165, 1.54) is 0 Å². The summed E-state index contributed by atoms with van der Waals surface area (Å²) >= 11 is 10.3. The van der Waals surface area contributed by atoms with Crippen LogP contribution in [0.15, 0.2) is 48.8 Å². The summed E-state index contributed by atoms with van der Waals surface area (Å²) in [6, 6.07) is 11.6. The highest BCUT2D eigenvalue weighted by atomic mass is 32.1. The quantitative estimate of drug-likeness (QED) is 0.512. The van der Waals surface area contributed by atoms with E-state index in [1.54, 1.807) is 7.94 Å². The Morgan fingerprint density at radius 2 is 1.14 bits per heavy atom. The van der Waals surface area contributed by atoms with E-state index in [-0.39, 0.29) is 0 Å². The molecule has 2 nitrogen and oxygen atoms in total. The van der Waals surface area contributed by atoms with Gasteiger partial charge in [-0.05, 0) is 12.1 Å². The minimum atomic E-state index is 0.929. The number of hydrogen-bond donors (Lipinski definition) is 0. The summed E-state index contributed by atoms with van der Waals surface area (Å²) in [4.78, 5) is 0. The summed E-state index contributed by atoms with van der Waals surface area (Å²) < 4.78 is 3.27. The van der Waals surface area contributed by atoms with E-state index >= 15 is 0 Å². The lowest BCUT2D eigenvalue weighted by Gasteiger charge is -2.06. The number of rotatable bonds is 1. The Bertz CT molecular complexity index is 414. The van der Waals surface area contributed by atoms with Crippen LogP contribution in [0, 0.1) is 0 Å². The van der Waals surface area contributed by atoms with Gasteiger partial charge in [-0.25, -0.2) is 0 Å². The highest BCUT2D eigenvalue weighted by Gasteiger charge is 2.11. The first kappa shape index (κ1) is 9.30. The number of hydrogen-bond acceptors (Lipinski definition) is 2. The smallest absolute Gasteiger partial charge is 0.261 e. The van der Waals surface area contributed by atoms with E-state index in [1.807, 2.05) is 48.8 Å². The van der Waals surface area contributed by atoms with Crippen molar-refractivity contribution in [2.75, 3.05) is 0 Å². The summed E-state index contributed by atoms with van der Waals surface area (Å²) in [5.74, 6) is 0. The molecule has 2 aromatic rings. The summed E-state index contributed by atoms with van der Waals surface area (Å²) in [7, 11) is 0. The van der Waals surface area contributed by atoms with Crippen LogP contribution >= 0.6 is 0 Å². The molecule has 2 heterocycles. The zero-order valence-electron chi connectivity index (χ0n) is 7.33. The van der Waals surface area contributed by atoms with Crippen LogP contribution in [0.3, 0.4) is 0 Å². The van der Waals surface area contributed by atoms with E-state index in [0.717, 1.165) is 11.4 Å². The predicted octanol–water partition coefficient (Wildman–Crippen LogP) is 0.549. The van der Waals surface area contributed by atoms with Gasteiger partial charge in [0.1, 0.15) is 0 Å². The molecule has 0 aliphatic heterocycles. The fourth-order valence-electron chi connectivity index (χ4n) is 1.25. The summed E-state index contributed by atoms with van der Waals surface area (Å²) in [6.07, 6.45) is 3.65. The average molecular weight is 220 g/mol. The molecule has 0 atom stereocenters. The molecule has 0 aliphatic rings. The Balaban J connectivity index is 2.61. The Kier molecular flexibility index (Phi) is 2.56. The molecule has 0 N–H and O–H groups in total. The molecule has 2 rings (SSSR count). The summed E-state index contributed by atoms with van der Waals surface area (Å²) in [5, 5.41) is 0. The van der Waals surface area contributed by atoms with Crippen LogP contribution in [0.1, 0.15) is 0 Å².